The van der Waals surface area contributed by atoms with Crippen molar-refractivity contribution in [2.24, 2.45) is 5.73 Å². The molecule has 1 heterocycles. The van der Waals surface area contributed by atoms with E-state index in [0.29, 0.717) is 12.0 Å². The number of aromatic nitrogens is 1. The maximum Gasteiger partial charge on any atom is 0.0959 e. The summed E-state index contributed by atoms with van der Waals surface area (Å²) in [6, 6.07) is 0.360. The molecule has 3 heteroatoms. The molecule has 0 bridgehead atoms. The number of nitrogens with zero attached hydrogens (tertiary/aromatic N) is 1. The minimum atomic E-state index is 0.360. The molecule has 1 aromatic rings. The summed E-state index contributed by atoms with van der Waals surface area (Å²) in [7, 11) is 0. The lowest BCUT2D eigenvalue weighted by atomic mass is 10.0. The van der Waals surface area contributed by atoms with E-state index in [0.717, 1.165) is 5.92 Å². The summed E-state index contributed by atoms with van der Waals surface area (Å²) in [5.41, 5.74) is 7.43. The Morgan fingerprint density at radius 2 is 1.94 bits per heavy atom. The quantitative estimate of drug-likeness (QED) is 0.854. The molecule has 2 aliphatic carbocycles. The average Bonchev–Trinajstić information content (AvgIpc) is 2.96. The molecule has 0 aromatic carbocycles. The molecule has 3 rings (SSSR count). The first-order chi connectivity index (χ1) is 7.84. The van der Waals surface area contributed by atoms with Crippen molar-refractivity contribution >= 4 is 11.3 Å². The second-order valence-electron chi connectivity index (χ2n) is 5.29. The van der Waals surface area contributed by atoms with Crippen LogP contribution in [0, 0.1) is 0 Å². The molecule has 2 saturated carbocycles. The van der Waals surface area contributed by atoms with Crippen LogP contribution in [-0.4, -0.2) is 11.0 Å². The summed E-state index contributed by atoms with van der Waals surface area (Å²) < 4.78 is 0. The zero-order chi connectivity index (χ0) is 11.0. The van der Waals surface area contributed by atoms with E-state index in [4.69, 9.17) is 10.7 Å². The van der Waals surface area contributed by atoms with E-state index in [1.807, 2.05) is 11.3 Å². The molecule has 1 aromatic heterocycles. The van der Waals surface area contributed by atoms with Crippen LogP contribution in [0.4, 0.5) is 0 Å². The summed E-state index contributed by atoms with van der Waals surface area (Å²) in [5.74, 6) is 1.31. The fraction of sp³-hybridized carbons (Fsp3) is 0.769. The SMILES string of the molecule is NC1CCCC1c1csc(C2CCCC2)n1. The van der Waals surface area contributed by atoms with Crippen molar-refractivity contribution < 1.29 is 0 Å². The van der Waals surface area contributed by atoms with Gasteiger partial charge >= 0.3 is 0 Å². The second kappa shape index (κ2) is 4.46. The van der Waals surface area contributed by atoms with Crippen LogP contribution in [-0.2, 0) is 0 Å². The molecule has 88 valence electrons. The van der Waals surface area contributed by atoms with Gasteiger partial charge < -0.3 is 5.73 Å². The molecular formula is C13H20N2S. The lowest BCUT2D eigenvalue weighted by Gasteiger charge is -2.12. The van der Waals surface area contributed by atoms with Gasteiger partial charge in [-0.3, -0.25) is 0 Å². The number of nitrogens with two attached hydrogens (primary N) is 1. The largest absolute Gasteiger partial charge is 0.327 e. The average molecular weight is 236 g/mol. The third-order valence-electron chi connectivity index (χ3n) is 4.19. The third-order valence-corrected chi connectivity index (χ3v) is 5.22. The van der Waals surface area contributed by atoms with E-state index in [-0.39, 0.29) is 0 Å². The van der Waals surface area contributed by atoms with Crippen LogP contribution in [0.5, 0.6) is 0 Å². The summed E-state index contributed by atoms with van der Waals surface area (Å²) in [5, 5.41) is 3.65. The van der Waals surface area contributed by atoms with Crippen molar-refractivity contribution in [2.45, 2.75) is 62.8 Å². The molecule has 0 aliphatic heterocycles. The Bertz CT molecular complexity index is 355. The number of hydrogen-bond acceptors (Lipinski definition) is 3. The molecule has 0 amide bonds. The Labute approximate surface area is 101 Å². The molecule has 2 atom stereocenters. The first kappa shape index (κ1) is 10.7. The maximum absolute atomic E-state index is 6.14. The molecule has 2 fully saturated rings. The van der Waals surface area contributed by atoms with Gasteiger partial charge in [0.25, 0.3) is 0 Å². The Kier molecular flexibility index (Phi) is 2.99. The molecule has 2 nitrogen and oxygen atoms in total. The predicted octanol–water partition coefficient (Wildman–Crippen LogP) is 3.40. The fourth-order valence-corrected chi connectivity index (χ4v) is 4.24. The zero-order valence-electron chi connectivity index (χ0n) is 9.69. The molecule has 0 spiro atoms. The van der Waals surface area contributed by atoms with Crippen molar-refractivity contribution in [1.82, 2.24) is 4.98 Å². The third kappa shape index (κ3) is 1.91. The Morgan fingerprint density at radius 3 is 2.62 bits per heavy atom. The van der Waals surface area contributed by atoms with E-state index >= 15 is 0 Å². The number of rotatable bonds is 2. The lowest BCUT2D eigenvalue weighted by molar-refractivity contribution is 0.596. The fourth-order valence-electron chi connectivity index (χ4n) is 3.19. The van der Waals surface area contributed by atoms with Gasteiger partial charge in [-0.1, -0.05) is 19.3 Å². The minimum Gasteiger partial charge on any atom is -0.327 e. The van der Waals surface area contributed by atoms with Gasteiger partial charge in [0, 0.05) is 23.3 Å². The number of hydrogen-bond donors (Lipinski definition) is 1. The van der Waals surface area contributed by atoms with Gasteiger partial charge in [0.15, 0.2) is 0 Å². The van der Waals surface area contributed by atoms with Crippen molar-refractivity contribution in [2.75, 3.05) is 0 Å². The monoisotopic (exact) mass is 236 g/mol. The summed E-state index contributed by atoms with van der Waals surface area (Å²) >= 11 is 1.87. The van der Waals surface area contributed by atoms with Crippen molar-refractivity contribution in [3.8, 4) is 0 Å². The van der Waals surface area contributed by atoms with Crippen molar-refractivity contribution in [3.63, 3.8) is 0 Å². The number of thiazole rings is 1. The Morgan fingerprint density at radius 1 is 1.12 bits per heavy atom. The predicted molar refractivity (Wildman–Crippen MR) is 67.9 cm³/mol. The van der Waals surface area contributed by atoms with E-state index in [9.17, 15) is 0 Å². The molecule has 2 aliphatic rings. The van der Waals surface area contributed by atoms with Crippen LogP contribution >= 0.6 is 11.3 Å². The minimum absolute atomic E-state index is 0.360. The van der Waals surface area contributed by atoms with Crippen LogP contribution in [0.2, 0.25) is 0 Å². The standard InChI is InChI=1S/C13H20N2S/c14-11-7-3-6-10(11)12-8-16-13(15-12)9-4-1-2-5-9/h8-11H,1-7,14H2. The van der Waals surface area contributed by atoms with Crippen LogP contribution in [0.15, 0.2) is 5.38 Å². The van der Waals surface area contributed by atoms with Gasteiger partial charge in [0.2, 0.25) is 0 Å². The highest BCUT2D eigenvalue weighted by atomic mass is 32.1. The molecule has 0 saturated heterocycles. The van der Waals surface area contributed by atoms with Gasteiger partial charge in [-0.05, 0) is 25.7 Å². The van der Waals surface area contributed by atoms with Crippen molar-refractivity contribution in [3.05, 3.63) is 16.1 Å². The summed E-state index contributed by atoms with van der Waals surface area (Å²) in [6.07, 6.45) is 9.19. The van der Waals surface area contributed by atoms with E-state index in [2.05, 4.69) is 5.38 Å². The molecule has 0 radical (unpaired) electrons. The highest BCUT2D eigenvalue weighted by molar-refractivity contribution is 7.09. The molecular weight excluding hydrogens is 216 g/mol. The van der Waals surface area contributed by atoms with E-state index in [1.165, 1.54) is 55.6 Å². The van der Waals surface area contributed by atoms with Gasteiger partial charge in [-0.15, -0.1) is 11.3 Å². The van der Waals surface area contributed by atoms with Crippen LogP contribution in [0.1, 0.15) is 67.5 Å². The normalized spacial score (nSPS) is 31.3. The highest BCUT2D eigenvalue weighted by Gasteiger charge is 2.28. The molecule has 2 unspecified atom stereocenters. The van der Waals surface area contributed by atoms with Gasteiger partial charge in [0.1, 0.15) is 0 Å². The highest BCUT2D eigenvalue weighted by Crippen LogP contribution is 2.39. The van der Waals surface area contributed by atoms with E-state index in [1.54, 1.807) is 0 Å². The first-order valence-electron chi connectivity index (χ1n) is 6.55. The van der Waals surface area contributed by atoms with Gasteiger partial charge in [-0.25, -0.2) is 4.98 Å². The van der Waals surface area contributed by atoms with Crippen LogP contribution < -0.4 is 5.73 Å². The molecule has 16 heavy (non-hydrogen) atoms. The van der Waals surface area contributed by atoms with E-state index < -0.39 is 0 Å². The first-order valence-corrected chi connectivity index (χ1v) is 7.43. The smallest absolute Gasteiger partial charge is 0.0959 e. The Hall–Kier alpha value is -0.410. The van der Waals surface area contributed by atoms with Crippen molar-refractivity contribution in [1.29, 1.82) is 0 Å². The Balaban J connectivity index is 1.76. The van der Waals surface area contributed by atoms with Crippen LogP contribution in [0.25, 0.3) is 0 Å². The lowest BCUT2D eigenvalue weighted by Crippen LogP contribution is -2.22. The maximum atomic E-state index is 6.14. The van der Waals surface area contributed by atoms with Gasteiger partial charge in [0.05, 0.1) is 10.7 Å². The summed E-state index contributed by atoms with van der Waals surface area (Å²) in [6.45, 7) is 0. The second-order valence-corrected chi connectivity index (χ2v) is 6.18. The topological polar surface area (TPSA) is 38.9 Å². The van der Waals surface area contributed by atoms with Crippen LogP contribution in [0.3, 0.4) is 0 Å². The zero-order valence-corrected chi connectivity index (χ0v) is 10.5. The molecule has 2 N–H and O–H groups in total. The summed E-state index contributed by atoms with van der Waals surface area (Å²) in [4.78, 5) is 4.86. The van der Waals surface area contributed by atoms with Gasteiger partial charge in [-0.2, -0.15) is 0 Å².